The number of nitrogens with one attached hydrogen (secondary N) is 1. The van der Waals surface area contributed by atoms with Crippen LogP contribution in [-0.4, -0.2) is 21.9 Å². The van der Waals surface area contributed by atoms with E-state index in [1.807, 2.05) is 24.3 Å². The van der Waals surface area contributed by atoms with Crippen molar-refractivity contribution in [1.29, 1.82) is 0 Å². The zero-order valence-corrected chi connectivity index (χ0v) is 12.4. The predicted molar refractivity (Wildman–Crippen MR) is 90.2 cm³/mol. The minimum absolute atomic E-state index is 0.221. The standard InChI is InChI=1S/C17H14N4O2/c1-23-11-8-6-10(7-9-11)21-17(22)14-15(20-21)12-4-2-3-5-13(12)19-16(14)18/h2-9,20H,1H3,(H2,18,19). The quantitative estimate of drug-likeness (QED) is 0.595. The molecule has 4 aromatic rings. The fraction of sp³-hybridized carbons (Fsp3) is 0.0588. The first kappa shape index (κ1) is 13.4. The maximum Gasteiger partial charge on any atom is 0.282 e. The average Bonchev–Trinajstić information content (AvgIpc) is 2.93. The summed E-state index contributed by atoms with van der Waals surface area (Å²) < 4.78 is 6.61. The number of pyridine rings is 1. The minimum atomic E-state index is -0.221. The number of H-pyrrole nitrogens is 1. The lowest BCUT2D eigenvalue weighted by molar-refractivity contribution is 0.414. The molecule has 0 unspecified atom stereocenters. The smallest absolute Gasteiger partial charge is 0.282 e. The third kappa shape index (κ3) is 1.96. The Labute approximate surface area is 131 Å². The van der Waals surface area contributed by atoms with Gasteiger partial charge in [0.1, 0.15) is 17.0 Å². The van der Waals surface area contributed by atoms with E-state index in [2.05, 4.69) is 10.1 Å². The van der Waals surface area contributed by atoms with Crippen molar-refractivity contribution in [2.75, 3.05) is 12.8 Å². The summed E-state index contributed by atoms with van der Waals surface area (Å²) in [6.45, 7) is 0. The van der Waals surface area contributed by atoms with Gasteiger partial charge in [-0.3, -0.25) is 9.89 Å². The van der Waals surface area contributed by atoms with E-state index in [0.29, 0.717) is 16.6 Å². The number of para-hydroxylation sites is 1. The monoisotopic (exact) mass is 306 g/mol. The number of methoxy groups -OCH3 is 1. The van der Waals surface area contributed by atoms with Crippen LogP contribution in [0.3, 0.4) is 0 Å². The fourth-order valence-electron chi connectivity index (χ4n) is 2.75. The van der Waals surface area contributed by atoms with E-state index in [9.17, 15) is 4.79 Å². The van der Waals surface area contributed by atoms with Gasteiger partial charge < -0.3 is 10.5 Å². The molecule has 23 heavy (non-hydrogen) atoms. The van der Waals surface area contributed by atoms with E-state index in [-0.39, 0.29) is 11.4 Å². The topological polar surface area (TPSA) is 85.9 Å². The highest BCUT2D eigenvalue weighted by Crippen LogP contribution is 2.25. The van der Waals surface area contributed by atoms with Crippen molar-refractivity contribution in [3.05, 3.63) is 58.9 Å². The van der Waals surface area contributed by atoms with E-state index in [0.717, 1.165) is 16.7 Å². The summed E-state index contributed by atoms with van der Waals surface area (Å²) in [4.78, 5) is 17.1. The molecule has 0 bridgehead atoms. The molecule has 2 aromatic carbocycles. The number of anilines is 1. The highest BCUT2D eigenvalue weighted by molar-refractivity contribution is 6.07. The highest BCUT2D eigenvalue weighted by Gasteiger charge is 2.15. The number of nitrogens with zero attached hydrogens (tertiary/aromatic N) is 2. The summed E-state index contributed by atoms with van der Waals surface area (Å²) in [5, 5.41) is 4.41. The molecule has 6 heteroatoms. The van der Waals surface area contributed by atoms with Crippen LogP contribution in [0, 0.1) is 0 Å². The van der Waals surface area contributed by atoms with Gasteiger partial charge in [0.05, 0.1) is 23.8 Å². The number of rotatable bonds is 2. The zero-order chi connectivity index (χ0) is 16.0. The summed E-state index contributed by atoms with van der Waals surface area (Å²) >= 11 is 0. The SMILES string of the molecule is COc1ccc(-n2[nH]c3c(c(N)nc4ccccc43)c2=O)cc1. The Morgan fingerprint density at radius 2 is 1.87 bits per heavy atom. The highest BCUT2D eigenvalue weighted by atomic mass is 16.5. The van der Waals surface area contributed by atoms with Gasteiger partial charge in [0, 0.05) is 5.39 Å². The molecule has 3 N–H and O–H groups in total. The first-order valence-corrected chi connectivity index (χ1v) is 7.12. The van der Waals surface area contributed by atoms with Crippen LogP contribution in [0.1, 0.15) is 0 Å². The number of aromatic amines is 1. The number of aromatic nitrogens is 3. The molecular weight excluding hydrogens is 292 g/mol. The maximum atomic E-state index is 12.7. The van der Waals surface area contributed by atoms with Gasteiger partial charge in [-0.05, 0) is 30.3 Å². The van der Waals surface area contributed by atoms with Crippen molar-refractivity contribution in [2.24, 2.45) is 0 Å². The second-order valence-electron chi connectivity index (χ2n) is 5.21. The molecule has 0 aliphatic heterocycles. The van der Waals surface area contributed by atoms with E-state index < -0.39 is 0 Å². The number of nitrogens with two attached hydrogens (primary N) is 1. The Morgan fingerprint density at radius 3 is 2.61 bits per heavy atom. The van der Waals surface area contributed by atoms with E-state index >= 15 is 0 Å². The summed E-state index contributed by atoms with van der Waals surface area (Å²) in [6.07, 6.45) is 0. The number of ether oxygens (including phenoxy) is 1. The van der Waals surface area contributed by atoms with E-state index in [4.69, 9.17) is 10.5 Å². The first-order chi connectivity index (χ1) is 11.2. The molecule has 2 aromatic heterocycles. The van der Waals surface area contributed by atoms with Crippen molar-refractivity contribution < 1.29 is 4.74 Å². The molecule has 2 heterocycles. The van der Waals surface area contributed by atoms with Crippen LogP contribution in [0.25, 0.3) is 27.5 Å². The van der Waals surface area contributed by atoms with Crippen molar-refractivity contribution in [2.45, 2.75) is 0 Å². The van der Waals surface area contributed by atoms with Crippen LogP contribution >= 0.6 is 0 Å². The molecule has 0 saturated carbocycles. The fourth-order valence-corrected chi connectivity index (χ4v) is 2.75. The Bertz CT molecular complexity index is 1080. The maximum absolute atomic E-state index is 12.7. The lowest BCUT2D eigenvalue weighted by Crippen LogP contribution is -2.15. The van der Waals surface area contributed by atoms with Crippen molar-refractivity contribution in [1.82, 2.24) is 14.8 Å². The Balaban J connectivity index is 2.05. The van der Waals surface area contributed by atoms with Gasteiger partial charge in [-0.15, -0.1) is 0 Å². The Morgan fingerprint density at radius 1 is 1.13 bits per heavy atom. The van der Waals surface area contributed by atoms with Gasteiger partial charge >= 0.3 is 0 Å². The predicted octanol–water partition coefficient (Wildman–Crippen LogP) is 2.46. The molecule has 0 fully saturated rings. The third-order valence-electron chi connectivity index (χ3n) is 3.89. The summed E-state index contributed by atoms with van der Waals surface area (Å²) in [5.74, 6) is 0.955. The van der Waals surface area contributed by atoms with Crippen molar-refractivity contribution >= 4 is 27.6 Å². The lowest BCUT2D eigenvalue weighted by atomic mass is 10.1. The van der Waals surface area contributed by atoms with Crippen LogP contribution in [-0.2, 0) is 0 Å². The summed E-state index contributed by atoms with van der Waals surface area (Å²) in [5.41, 5.74) is 7.92. The number of benzene rings is 2. The Kier molecular flexibility index (Phi) is 2.84. The van der Waals surface area contributed by atoms with Crippen LogP contribution in [0.5, 0.6) is 5.75 Å². The van der Waals surface area contributed by atoms with Gasteiger partial charge in [-0.1, -0.05) is 18.2 Å². The minimum Gasteiger partial charge on any atom is -0.497 e. The van der Waals surface area contributed by atoms with Gasteiger partial charge in [-0.25, -0.2) is 9.67 Å². The second kappa shape index (κ2) is 4.88. The molecule has 0 aliphatic rings. The second-order valence-corrected chi connectivity index (χ2v) is 5.21. The third-order valence-corrected chi connectivity index (χ3v) is 3.89. The largest absolute Gasteiger partial charge is 0.497 e. The molecule has 0 radical (unpaired) electrons. The molecule has 114 valence electrons. The van der Waals surface area contributed by atoms with Crippen LogP contribution in [0.15, 0.2) is 53.3 Å². The van der Waals surface area contributed by atoms with Gasteiger partial charge in [0.2, 0.25) is 0 Å². The summed E-state index contributed by atoms with van der Waals surface area (Å²) in [6, 6.07) is 14.8. The van der Waals surface area contributed by atoms with E-state index in [1.165, 1.54) is 4.68 Å². The molecule has 0 saturated heterocycles. The number of hydrogen-bond donors (Lipinski definition) is 2. The molecule has 6 nitrogen and oxygen atoms in total. The van der Waals surface area contributed by atoms with Gasteiger partial charge in [0.15, 0.2) is 0 Å². The normalized spacial score (nSPS) is 11.2. The zero-order valence-electron chi connectivity index (χ0n) is 12.4. The van der Waals surface area contributed by atoms with Gasteiger partial charge in [0.25, 0.3) is 5.56 Å². The Hall–Kier alpha value is -3.28. The van der Waals surface area contributed by atoms with Gasteiger partial charge in [-0.2, -0.15) is 0 Å². The first-order valence-electron chi connectivity index (χ1n) is 7.12. The molecule has 0 atom stereocenters. The average molecular weight is 306 g/mol. The lowest BCUT2D eigenvalue weighted by Gasteiger charge is -2.03. The summed E-state index contributed by atoms with van der Waals surface area (Å²) in [7, 11) is 1.60. The molecule has 0 spiro atoms. The molecular formula is C17H14N4O2. The van der Waals surface area contributed by atoms with Crippen molar-refractivity contribution in [3.63, 3.8) is 0 Å². The van der Waals surface area contributed by atoms with Crippen LogP contribution < -0.4 is 16.0 Å². The van der Waals surface area contributed by atoms with E-state index in [1.54, 1.807) is 31.4 Å². The number of hydrogen-bond acceptors (Lipinski definition) is 4. The molecule has 0 amide bonds. The van der Waals surface area contributed by atoms with Crippen molar-refractivity contribution in [3.8, 4) is 11.4 Å². The number of fused-ring (bicyclic) bond motifs is 3. The molecule has 0 aliphatic carbocycles. The van der Waals surface area contributed by atoms with Crippen LogP contribution in [0.4, 0.5) is 5.82 Å². The number of nitrogen functional groups attached to an aromatic ring is 1. The molecule has 4 rings (SSSR count). The van der Waals surface area contributed by atoms with Crippen LogP contribution in [0.2, 0.25) is 0 Å².